The summed E-state index contributed by atoms with van der Waals surface area (Å²) in [6.45, 7) is 8.12. The highest BCUT2D eigenvalue weighted by Crippen LogP contribution is 2.30. The fourth-order valence-corrected chi connectivity index (χ4v) is 2.52. The van der Waals surface area contributed by atoms with Crippen LogP contribution in [0.1, 0.15) is 43.6 Å². The van der Waals surface area contributed by atoms with Gasteiger partial charge in [-0.05, 0) is 36.1 Å². The summed E-state index contributed by atoms with van der Waals surface area (Å²) in [4.78, 5) is 24.3. The molecule has 2 rings (SSSR count). The first kappa shape index (κ1) is 19.5. The van der Waals surface area contributed by atoms with Crippen molar-refractivity contribution in [1.29, 1.82) is 0 Å². The van der Waals surface area contributed by atoms with Crippen LogP contribution in [0.25, 0.3) is 0 Å². The molecule has 0 fully saturated rings. The molecule has 2 aromatic carbocycles. The lowest BCUT2D eigenvalue weighted by atomic mass is 9.86. The number of amides is 1. The van der Waals surface area contributed by atoms with Crippen LogP contribution in [0, 0.1) is 0 Å². The van der Waals surface area contributed by atoms with Crippen LogP contribution >= 0.6 is 0 Å². The SMILES string of the molecule is CCOC(=O)c1ccccc1NC(=O)COc1ccccc1C(C)(C)C. The van der Waals surface area contributed by atoms with Gasteiger partial charge in [0.05, 0.1) is 17.9 Å². The fraction of sp³-hybridized carbons (Fsp3) is 0.333. The maximum absolute atomic E-state index is 12.3. The number of carbonyl (C=O) groups excluding carboxylic acids is 2. The van der Waals surface area contributed by atoms with Crippen molar-refractivity contribution in [2.24, 2.45) is 0 Å². The molecular formula is C21H25NO4. The highest BCUT2D eigenvalue weighted by molar-refractivity contribution is 6.01. The molecule has 0 saturated heterocycles. The van der Waals surface area contributed by atoms with Crippen molar-refractivity contribution >= 4 is 17.6 Å². The molecule has 0 unspecified atom stereocenters. The molecule has 0 atom stereocenters. The van der Waals surface area contributed by atoms with E-state index in [1.807, 2.05) is 24.3 Å². The fourth-order valence-electron chi connectivity index (χ4n) is 2.52. The zero-order chi connectivity index (χ0) is 19.2. The van der Waals surface area contributed by atoms with Gasteiger partial charge >= 0.3 is 5.97 Å². The number of carbonyl (C=O) groups is 2. The number of benzene rings is 2. The summed E-state index contributed by atoms with van der Waals surface area (Å²) >= 11 is 0. The first-order chi connectivity index (χ1) is 12.3. The minimum absolute atomic E-state index is 0.0937. The number of ether oxygens (including phenoxy) is 2. The predicted octanol–water partition coefficient (Wildman–Crippen LogP) is 4.18. The average Bonchev–Trinajstić information content (AvgIpc) is 2.60. The summed E-state index contributed by atoms with van der Waals surface area (Å²) < 4.78 is 10.7. The lowest BCUT2D eigenvalue weighted by molar-refractivity contribution is -0.118. The molecule has 0 saturated carbocycles. The Morgan fingerprint density at radius 2 is 1.65 bits per heavy atom. The molecule has 138 valence electrons. The van der Waals surface area contributed by atoms with E-state index in [4.69, 9.17) is 9.47 Å². The quantitative estimate of drug-likeness (QED) is 0.790. The van der Waals surface area contributed by atoms with Gasteiger partial charge in [-0.1, -0.05) is 51.1 Å². The van der Waals surface area contributed by atoms with E-state index < -0.39 is 5.97 Å². The standard InChI is InChI=1S/C21H25NO4/c1-5-25-20(24)15-10-6-8-12-17(15)22-19(23)14-26-18-13-9-7-11-16(18)21(2,3)4/h6-13H,5,14H2,1-4H3,(H,22,23). The second-order valence-electron chi connectivity index (χ2n) is 6.85. The van der Waals surface area contributed by atoms with E-state index in [0.29, 0.717) is 17.0 Å². The van der Waals surface area contributed by atoms with Crippen LogP contribution in [0.4, 0.5) is 5.69 Å². The molecule has 1 amide bonds. The van der Waals surface area contributed by atoms with Crippen molar-refractivity contribution in [2.75, 3.05) is 18.5 Å². The highest BCUT2D eigenvalue weighted by Gasteiger charge is 2.19. The molecule has 0 aliphatic carbocycles. The smallest absolute Gasteiger partial charge is 0.340 e. The van der Waals surface area contributed by atoms with Crippen LogP contribution in [-0.2, 0) is 14.9 Å². The lowest BCUT2D eigenvalue weighted by Crippen LogP contribution is -2.23. The van der Waals surface area contributed by atoms with Crippen molar-refractivity contribution in [3.05, 3.63) is 59.7 Å². The number of para-hydroxylation sites is 2. The number of esters is 1. The van der Waals surface area contributed by atoms with Gasteiger partial charge in [0, 0.05) is 0 Å². The van der Waals surface area contributed by atoms with Crippen LogP contribution in [0.15, 0.2) is 48.5 Å². The third-order valence-corrected chi connectivity index (χ3v) is 3.75. The molecule has 2 aromatic rings. The monoisotopic (exact) mass is 355 g/mol. The largest absolute Gasteiger partial charge is 0.483 e. The average molecular weight is 355 g/mol. The first-order valence-corrected chi connectivity index (χ1v) is 8.61. The molecule has 0 bridgehead atoms. The molecule has 5 heteroatoms. The zero-order valence-electron chi connectivity index (χ0n) is 15.7. The van der Waals surface area contributed by atoms with Gasteiger partial charge in [-0.3, -0.25) is 4.79 Å². The summed E-state index contributed by atoms with van der Waals surface area (Å²) in [5, 5.41) is 2.71. The van der Waals surface area contributed by atoms with E-state index in [1.54, 1.807) is 31.2 Å². The van der Waals surface area contributed by atoms with Crippen molar-refractivity contribution in [1.82, 2.24) is 0 Å². The van der Waals surface area contributed by atoms with Crippen molar-refractivity contribution in [3.63, 3.8) is 0 Å². The van der Waals surface area contributed by atoms with E-state index >= 15 is 0 Å². The first-order valence-electron chi connectivity index (χ1n) is 8.61. The summed E-state index contributed by atoms with van der Waals surface area (Å²) in [6.07, 6.45) is 0. The normalized spacial score (nSPS) is 10.9. The highest BCUT2D eigenvalue weighted by atomic mass is 16.5. The van der Waals surface area contributed by atoms with Gasteiger partial charge in [0.25, 0.3) is 5.91 Å². The third kappa shape index (κ3) is 5.09. The number of hydrogen-bond acceptors (Lipinski definition) is 4. The maximum atomic E-state index is 12.3. The Morgan fingerprint density at radius 1 is 1.00 bits per heavy atom. The maximum Gasteiger partial charge on any atom is 0.340 e. The Hall–Kier alpha value is -2.82. The minimum atomic E-state index is -0.470. The molecular weight excluding hydrogens is 330 g/mol. The molecule has 1 N–H and O–H groups in total. The summed E-state index contributed by atoms with van der Waals surface area (Å²) in [7, 11) is 0. The van der Waals surface area contributed by atoms with E-state index in [1.165, 1.54) is 0 Å². The van der Waals surface area contributed by atoms with E-state index in [9.17, 15) is 9.59 Å². The Bertz CT molecular complexity index is 778. The Balaban J connectivity index is 2.06. The molecule has 0 aliphatic rings. The van der Waals surface area contributed by atoms with E-state index in [-0.39, 0.29) is 24.5 Å². The number of anilines is 1. The topological polar surface area (TPSA) is 64.6 Å². The molecule has 0 heterocycles. The summed E-state index contributed by atoms with van der Waals surface area (Å²) in [5.74, 6) is -0.137. The molecule has 0 spiro atoms. The van der Waals surface area contributed by atoms with Crippen molar-refractivity contribution in [3.8, 4) is 5.75 Å². The summed E-state index contributed by atoms with van der Waals surface area (Å²) in [6, 6.07) is 14.4. The molecule has 5 nitrogen and oxygen atoms in total. The minimum Gasteiger partial charge on any atom is -0.483 e. The molecule has 0 aromatic heterocycles. The lowest BCUT2D eigenvalue weighted by Gasteiger charge is -2.22. The molecule has 26 heavy (non-hydrogen) atoms. The van der Waals surface area contributed by atoms with E-state index in [2.05, 4.69) is 26.1 Å². The van der Waals surface area contributed by atoms with Gasteiger partial charge in [0.2, 0.25) is 0 Å². The van der Waals surface area contributed by atoms with Gasteiger partial charge in [-0.25, -0.2) is 4.79 Å². The van der Waals surface area contributed by atoms with Crippen LogP contribution in [0.3, 0.4) is 0 Å². The Morgan fingerprint density at radius 3 is 2.35 bits per heavy atom. The van der Waals surface area contributed by atoms with Gasteiger partial charge in [0.1, 0.15) is 5.75 Å². The molecule has 0 aliphatic heterocycles. The van der Waals surface area contributed by atoms with Gasteiger partial charge in [0.15, 0.2) is 6.61 Å². The van der Waals surface area contributed by atoms with Gasteiger partial charge < -0.3 is 14.8 Å². The Labute approximate surface area is 154 Å². The third-order valence-electron chi connectivity index (χ3n) is 3.75. The van der Waals surface area contributed by atoms with Crippen LogP contribution < -0.4 is 10.1 Å². The van der Waals surface area contributed by atoms with Crippen LogP contribution in [-0.4, -0.2) is 25.1 Å². The van der Waals surface area contributed by atoms with Crippen molar-refractivity contribution in [2.45, 2.75) is 33.1 Å². The zero-order valence-corrected chi connectivity index (χ0v) is 15.7. The number of rotatable bonds is 6. The van der Waals surface area contributed by atoms with Crippen LogP contribution in [0.5, 0.6) is 5.75 Å². The molecule has 0 radical (unpaired) electrons. The van der Waals surface area contributed by atoms with Gasteiger partial charge in [-0.2, -0.15) is 0 Å². The second kappa shape index (κ2) is 8.52. The summed E-state index contributed by atoms with van der Waals surface area (Å²) in [5.41, 5.74) is 1.66. The van der Waals surface area contributed by atoms with Crippen molar-refractivity contribution < 1.29 is 19.1 Å². The predicted molar refractivity (Wildman–Crippen MR) is 102 cm³/mol. The van der Waals surface area contributed by atoms with Gasteiger partial charge in [-0.15, -0.1) is 0 Å². The Kier molecular flexibility index (Phi) is 6.39. The van der Waals surface area contributed by atoms with E-state index in [0.717, 1.165) is 5.56 Å². The number of hydrogen-bond donors (Lipinski definition) is 1. The van der Waals surface area contributed by atoms with Crippen LogP contribution in [0.2, 0.25) is 0 Å². The number of nitrogens with one attached hydrogen (secondary N) is 1. The second-order valence-corrected chi connectivity index (χ2v) is 6.85.